The molecule has 0 fully saturated rings. The van der Waals surface area contributed by atoms with Gasteiger partial charge in [-0.15, -0.1) is 0 Å². The standard InChI is InChI=1S/C11H24N2S2/c1-10(2)9-13(6-4-8-15-3)7-5-11(12)14/h10H,4-9H2,1-3H3,(H2,12,14). The third kappa shape index (κ3) is 10.5. The van der Waals surface area contributed by atoms with E-state index in [9.17, 15) is 0 Å². The topological polar surface area (TPSA) is 29.3 Å². The third-order valence-corrected chi connectivity index (χ3v) is 3.02. The first-order chi connectivity index (χ1) is 7.06. The van der Waals surface area contributed by atoms with Crippen LogP contribution < -0.4 is 5.73 Å². The number of thiocarbonyl (C=S) groups is 1. The van der Waals surface area contributed by atoms with Crippen molar-refractivity contribution < 1.29 is 0 Å². The molecule has 0 saturated carbocycles. The lowest BCUT2D eigenvalue weighted by Gasteiger charge is -2.23. The van der Waals surface area contributed by atoms with Crippen LogP contribution in [0.15, 0.2) is 0 Å². The van der Waals surface area contributed by atoms with Crippen LogP contribution in [0.1, 0.15) is 26.7 Å². The molecule has 0 spiro atoms. The molecule has 2 N–H and O–H groups in total. The minimum atomic E-state index is 0.633. The van der Waals surface area contributed by atoms with Crippen LogP contribution in [0.4, 0.5) is 0 Å². The average Bonchev–Trinajstić information content (AvgIpc) is 2.13. The first kappa shape index (κ1) is 15.2. The molecule has 0 amide bonds. The molecule has 0 radical (unpaired) electrons. The van der Waals surface area contributed by atoms with Crippen molar-refractivity contribution in [3.8, 4) is 0 Å². The molecule has 0 aromatic heterocycles. The molecule has 0 saturated heterocycles. The lowest BCUT2D eigenvalue weighted by atomic mass is 10.2. The van der Waals surface area contributed by atoms with Gasteiger partial charge in [0.25, 0.3) is 0 Å². The van der Waals surface area contributed by atoms with Crippen molar-refractivity contribution in [1.29, 1.82) is 0 Å². The Hall–Kier alpha value is 0.200. The Labute approximate surface area is 104 Å². The van der Waals surface area contributed by atoms with E-state index in [-0.39, 0.29) is 0 Å². The van der Waals surface area contributed by atoms with E-state index in [2.05, 4.69) is 25.0 Å². The zero-order chi connectivity index (χ0) is 11.7. The van der Waals surface area contributed by atoms with Crippen LogP contribution in [-0.4, -0.2) is 41.5 Å². The van der Waals surface area contributed by atoms with Gasteiger partial charge in [-0.25, -0.2) is 0 Å². The van der Waals surface area contributed by atoms with Gasteiger partial charge >= 0.3 is 0 Å². The van der Waals surface area contributed by atoms with E-state index in [1.165, 1.54) is 18.7 Å². The highest BCUT2D eigenvalue weighted by atomic mass is 32.2. The fourth-order valence-corrected chi connectivity index (χ4v) is 2.02. The summed E-state index contributed by atoms with van der Waals surface area (Å²) in [5, 5.41) is 0. The summed E-state index contributed by atoms with van der Waals surface area (Å²) in [4.78, 5) is 3.11. The Morgan fingerprint density at radius 1 is 1.40 bits per heavy atom. The highest BCUT2D eigenvalue weighted by Crippen LogP contribution is 2.03. The second-order valence-electron chi connectivity index (χ2n) is 4.26. The zero-order valence-corrected chi connectivity index (χ0v) is 11.8. The van der Waals surface area contributed by atoms with Crippen molar-refractivity contribution in [3.63, 3.8) is 0 Å². The maximum Gasteiger partial charge on any atom is 0.0740 e. The number of nitrogens with two attached hydrogens (primary N) is 1. The van der Waals surface area contributed by atoms with Gasteiger partial charge in [-0.1, -0.05) is 26.1 Å². The first-order valence-corrected chi connectivity index (χ1v) is 7.36. The molecule has 0 rings (SSSR count). The summed E-state index contributed by atoms with van der Waals surface area (Å²) in [5.74, 6) is 1.95. The van der Waals surface area contributed by atoms with Crippen LogP contribution in [0.5, 0.6) is 0 Å². The molecule has 0 aliphatic heterocycles. The minimum absolute atomic E-state index is 0.633. The van der Waals surface area contributed by atoms with E-state index in [4.69, 9.17) is 18.0 Å². The second kappa shape index (κ2) is 9.43. The number of thioether (sulfide) groups is 1. The first-order valence-electron chi connectivity index (χ1n) is 5.55. The fourth-order valence-electron chi connectivity index (χ4n) is 1.51. The number of hydrogen-bond acceptors (Lipinski definition) is 3. The van der Waals surface area contributed by atoms with Crippen LogP contribution >= 0.6 is 24.0 Å². The van der Waals surface area contributed by atoms with Gasteiger partial charge in [-0.05, 0) is 30.9 Å². The Kier molecular flexibility index (Phi) is 9.55. The summed E-state index contributed by atoms with van der Waals surface area (Å²) in [6.07, 6.45) is 4.26. The average molecular weight is 248 g/mol. The van der Waals surface area contributed by atoms with E-state index in [0.717, 1.165) is 19.5 Å². The molecule has 15 heavy (non-hydrogen) atoms. The summed E-state index contributed by atoms with van der Waals surface area (Å²) in [6.45, 7) is 7.84. The molecule has 0 unspecified atom stereocenters. The van der Waals surface area contributed by atoms with E-state index < -0.39 is 0 Å². The Morgan fingerprint density at radius 3 is 2.53 bits per heavy atom. The van der Waals surface area contributed by atoms with Crippen molar-refractivity contribution in [1.82, 2.24) is 4.90 Å². The van der Waals surface area contributed by atoms with Crippen molar-refractivity contribution in [3.05, 3.63) is 0 Å². The van der Waals surface area contributed by atoms with Gasteiger partial charge in [0, 0.05) is 19.5 Å². The van der Waals surface area contributed by atoms with E-state index in [1.807, 2.05) is 11.8 Å². The van der Waals surface area contributed by atoms with Crippen molar-refractivity contribution in [2.45, 2.75) is 26.7 Å². The second-order valence-corrected chi connectivity index (χ2v) is 5.77. The van der Waals surface area contributed by atoms with Gasteiger partial charge in [-0.2, -0.15) is 11.8 Å². The monoisotopic (exact) mass is 248 g/mol. The van der Waals surface area contributed by atoms with Crippen molar-refractivity contribution >= 4 is 29.0 Å². The summed E-state index contributed by atoms with van der Waals surface area (Å²) in [5.41, 5.74) is 5.53. The van der Waals surface area contributed by atoms with Crippen LogP contribution in [0.3, 0.4) is 0 Å². The number of hydrogen-bond donors (Lipinski definition) is 1. The SMILES string of the molecule is CSCCCN(CCC(N)=S)CC(C)C. The minimum Gasteiger partial charge on any atom is -0.393 e. The maximum atomic E-state index is 5.53. The Morgan fingerprint density at radius 2 is 2.07 bits per heavy atom. The van der Waals surface area contributed by atoms with Gasteiger partial charge < -0.3 is 10.6 Å². The highest BCUT2D eigenvalue weighted by molar-refractivity contribution is 7.98. The molecule has 0 aromatic rings. The third-order valence-electron chi connectivity index (χ3n) is 2.12. The molecule has 0 bridgehead atoms. The van der Waals surface area contributed by atoms with Crippen LogP contribution in [0.25, 0.3) is 0 Å². The molecule has 0 aliphatic carbocycles. The fraction of sp³-hybridized carbons (Fsp3) is 0.909. The molecule has 2 nitrogen and oxygen atoms in total. The van der Waals surface area contributed by atoms with Crippen molar-refractivity contribution in [2.24, 2.45) is 11.7 Å². The summed E-state index contributed by atoms with van der Waals surface area (Å²) in [7, 11) is 0. The Bertz CT molecular complexity index is 172. The molecule has 90 valence electrons. The highest BCUT2D eigenvalue weighted by Gasteiger charge is 2.07. The van der Waals surface area contributed by atoms with Gasteiger partial charge in [0.15, 0.2) is 0 Å². The van der Waals surface area contributed by atoms with E-state index in [1.54, 1.807) is 0 Å². The predicted octanol–water partition coefficient (Wildman–Crippen LogP) is 2.37. The van der Waals surface area contributed by atoms with E-state index in [0.29, 0.717) is 10.9 Å². The van der Waals surface area contributed by atoms with Gasteiger partial charge in [0.05, 0.1) is 4.99 Å². The predicted molar refractivity (Wildman–Crippen MR) is 75.7 cm³/mol. The molecule has 4 heteroatoms. The molecule has 0 aliphatic rings. The van der Waals surface area contributed by atoms with Gasteiger partial charge in [0.2, 0.25) is 0 Å². The number of nitrogens with zero attached hydrogens (tertiary/aromatic N) is 1. The summed E-state index contributed by atoms with van der Waals surface area (Å²) < 4.78 is 0. The molecule has 0 aromatic carbocycles. The van der Waals surface area contributed by atoms with Crippen LogP contribution in [-0.2, 0) is 0 Å². The van der Waals surface area contributed by atoms with E-state index >= 15 is 0 Å². The molecular formula is C11H24N2S2. The van der Waals surface area contributed by atoms with Crippen molar-refractivity contribution in [2.75, 3.05) is 31.6 Å². The largest absolute Gasteiger partial charge is 0.393 e. The number of rotatable bonds is 9. The maximum absolute atomic E-state index is 5.53. The summed E-state index contributed by atoms with van der Waals surface area (Å²) in [6, 6.07) is 0. The smallest absolute Gasteiger partial charge is 0.0740 e. The lowest BCUT2D eigenvalue weighted by molar-refractivity contribution is 0.252. The molecule has 0 heterocycles. The zero-order valence-electron chi connectivity index (χ0n) is 10.2. The summed E-state index contributed by atoms with van der Waals surface area (Å²) >= 11 is 6.82. The molecule has 0 atom stereocenters. The molecular weight excluding hydrogens is 224 g/mol. The quantitative estimate of drug-likeness (QED) is 0.501. The van der Waals surface area contributed by atoms with Gasteiger partial charge in [-0.3, -0.25) is 0 Å². The normalized spacial score (nSPS) is 11.3. The Balaban J connectivity index is 3.78. The lowest BCUT2D eigenvalue weighted by Crippen LogP contribution is -2.32. The van der Waals surface area contributed by atoms with Crippen LogP contribution in [0.2, 0.25) is 0 Å². The van der Waals surface area contributed by atoms with Crippen LogP contribution in [0, 0.1) is 5.92 Å². The van der Waals surface area contributed by atoms with Gasteiger partial charge in [0.1, 0.15) is 0 Å².